The maximum Gasteiger partial charge on any atom is 0.258 e. The Morgan fingerprint density at radius 3 is 2.82 bits per heavy atom. The molecule has 0 unspecified atom stereocenters. The van der Waals surface area contributed by atoms with Crippen LogP contribution in [-0.4, -0.2) is 47.2 Å². The normalized spacial score (nSPS) is 10.6. The second kappa shape index (κ2) is 6.20. The van der Waals surface area contributed by atoms with E-state index in [1.54, 1.807) is 12.0 Å². The average Bonchev–Trinajstić information content (AvgIpc) is 2.29. The Bertz CT molecular complexity index is 380. The Morgan fingerprint density at radius 2 is 2.29 bits per heavy atom. The summed E-state index contributed by atoms with van der Waals surface area (Å²) in [5, 5.41) is 9.60. The van der Waals surface area contributed by atoms with Crippen molar-refractivity contribution in [2.24, 2.45) is 0 Å². The minimum atomic E-state index is -0.211. The van der Waals surface area contributed by atoms with Crippen molar-refractivity contribution >= 4 is 5.91 Å². The molecule has 0 atom stereocenters. The zero-order valence-corrected chi connectivity index (χ0v) is 10.4. The molecule has 0 saturated carbocycles. The number of carbonyl (C=O) groups is 1. The van der Waals surface area contributed by atoms with E-state index in [4.69, 9.17) is 4.74 Å². The van der Waals surface area contributed by atoms with Crippen LogP contribution < -0.4 is 0 Å². The third kappa shape index (κ3) is 3.42. The molecule has 1 N–H and O–H groups in total. The number of pyridine rings is 1. The van der Waals surface area contributed by atoms with Crippen LogP contribution in [0.25, 0.3) is 0 Å². The number of methoxy groups -OCH3 is 1. The Morgan fingerprint density at radius 1 is 1.59 bits per heavy atom. The predicted molar refractivity (Wildman–Crippen MR) is 64.0 cm³/mol. The molecular weight excluding hydrogens is 220 g/mol. The topological polar surface area (TPSA) is 62.7 Å². The van der Waals surface area contributed by atoms with Crippen LogP contribution in [-0.2, 0) is 4.74 Å². The fourth-order valence-electron chi connectivity index (χ4n) is 1.51. The van der Waals surface area contributed by atoms with Gasteiger partial charge in [0.2, 0.25) is 0 Å². The summed E-state index contributed by atoms with van der Waals surface area (Å²) < 4.78 is 4.97. The molecule has 5 heteroatoms. The minimum absolute atomic E-state index is 0.0465. The Labute approximate surface area is 101 Å². The molecular formula is C12H18N2O3. The first-order chi connectivity index (χ1) is 8.07. The largest absolute Gasteiger partial charge is 0.505 e. The van der Waals surface area contributed by atoms with Crippen molar-refractivity contribution in [3.05, 3.63) is 24.0 Å². The molecule has 0 radical (unpaired) electrons. The van der Waals surface area contributed by atoms with Crippen LogP contribution in [0.1, 0.15) is 24.2 Å². The lowest BCUT2D eigenvalue weighted by Gasteiger charge is -2.26. The maximum absolute atomic E-state index is 12.2. The molecule has 1 rings (SSSR count). The molecule has 0 spiro atoms. The lowest BCUT2D eigenvalue weighted by molar-refractivity contribution is 0.0632. The van der Waals surface area contributed by atoms with Gasteiger partial charge in [0.1, 0.15) is 5.75 Å². The lowest BCUT2D eigenvalue weighted by Crippen LogP contribution is -2.39. The smallest absolute Gasteiger partial charge is 0.258 e. The number of amides is 1. The SMILES string of the molecule is COCCN(C(=O)c1ccncc1O)C(C)C. The summed E-state index contributed by atoms with van der Waals surface area (Å²) in [5.74, 6) is -0.308. The summed E-state index contributed by atoms with van der Waals surface area (Å²) in [6, 6.07) is 1.56. The van der Waals surface area contributed by atoms with Gasteiger partial charge in [-0.2, -0.15) is 0 Å². The second-order valence-electron chi connectivity index (χ2n) is 3.98. The first-order valence-electron chi connectivity index (χ1n) is 5.50. The highest BCUT2D eigenvalue weighted by Gasteiger charge is 2.20. The fraction of sp³-hybridized carbons (Fsp3) is 0.500. The van der Waals surface area contributed by atoms with E-state index in [0.717, 1.165) is 0 Å². The van der Waals surface area contributed by atoms with Crippen molar-refractivity contribution < 1.29 is 14.6 Å². The minimum Gasteiger partial charge on any atom is -0.505 e. The molecule has 94 valence electrons. The number of carbonyl (C=O) groups excluding carboxylic acids is 1. The number of nitrogens with zero attached hydrogens (tertiary/aromatic N) is 2. The van der Waals surface area contributed by atoms with Gasteiger partial charge in [0.05, 0.1) is 18.4 Å². The summed E-state index contributed by atoms with van der Waals surface area (Å²) in [7, 11) is 1.59. The molecule has 0 aliphatic carbocycles. The molecule has 1 heterocycles. The van der Waals surface area contributed by atoms with Gasteiger partial charge in [-0.3, -0.25) is 9.78 Å². The van der Waals surface area contributed by atoms with Crippen molar-refractivity contribution in [1.29, 1.82) is 0 Å². The fourth-order valence-corrected chi connectivity index (χ4v) is 1.51. The van der Waals surface area contributed by atoms with E-state index in [2.05, 4.69) is 4.98 Å². The van der Waals surface area contributed by atoms with E-state index in [1.807, 2.05) is 13.8 Å². The molecule has 1 aromatic heterocycles. The molecule has 0 bridgehead atoms. The van der Waals surface area contributed by atoms with Crippen molar-refractivity contribution in [1.82, 2.24) is 9.88 Å². The predicted octanol–water partition coefficient (Wildman–Crippen LogP) is 1.28. The monoisotopic (exact) mass is 238 g/mol. The van der Waals surface area contributed by atoms with Crippen LogP contribution in [0.5, 0.6) is 5.75 Å². The molecule has 0 fully saturated rings. The van der Waals surface area contributed by atoms with E-state index < -0.39 is 0 Å². The van der Waals surface area contributed by atoms with E-state index in [9.17, 15) is 9.90 Å². The van der Waals surface area contributed by atoms with E-state index >= 15 is 0 Å². The highest BCUT2D eigenvalue weighted by Crippen LogP contribution is 2.17. The van der Waals surface area contributed by atoms with Crippen LogP contribution in [0.2, 0.25) is 0 Å². The van der Waals surface area contributed by atoms with E-state index in [1.165, 1.54) is 18.5 Å². The van der Waals surface area contributed by atoms with Crippen LogP contribution in [0, 0.1) is 0 Å². The molecule has 1 amide bonds. The summed E-state index contributed by atoms with van der Waals surface area (Å²) in [5.41, 5.74) is 0.268. The molecule has 0 aromatic carbocycles. The Kier molecular flexibility index (Phi) is 4.90. The van der Waals surface area contributed by atoms with Gasteiger partial charge >= 0.3 is 0 Å². The van der Waals surface area contributed by atoms with E-state index in [0.29, 0.717) is 13.2 Å². The quantitative estimate of drug-likeness (QED) is 0.839. The summed E-state index contributed by atoms with van der Waals surface area (Å²) in [4.78, 5) is 17.6. The molecule has 0 aliphatic rings. The molecule has 1 aromatic rings. The van der Waals surface area contributed by atoms with Gasteiger partial charge in [0, 0.05) is 25.9 Å². The zero-order chi connectivity index (χ0) is 12.8. The van der Waals surface area contributed by atoms with Crippen molar-refractivity contribution in [3.8, 4) is 5.75 Å². The van der Waals surface area contributed by atoms with Gasteiger partial charge in [-0.25, -0.2) is 0 Å². The van der Waals surface area contributed by atoms with Gasteiger partial charge in [0.25, 0.3) is 5.91 Å². The molecule has 0 aliphatic heterocycles. The molecule has 17 heavy (non-hydrogen) atoms. The highest BCUT2D eigenvalue weighted by atomic mass is 16.5. The second-order valence-corrected chi connectivity index (χ2v) is 3.98. The first-order valence-corrected chi connectivity index (χ1v) is 5.50. The van der Waals surface area contributed by atoms with Gasteiger partial charge < -0.3 is 14.7 Å². The lowest BCUT2D eigenvalue weighted by atomic mass is 10.2. The van der Waals surface area contributed by atoms with E-state index in [-0.39, 0.29) is 23.3 Å². The third-order valence-electron chi connectivity index (χ3n) is 2.45. The Balaban J connectivity index is 2.88. The Hall–Kier alpha value is -1.62. The van der Waals surface area contributed by atoms with Gasteiger partial charge in [-0.05, 0) is 19.9 Å². The van der Waals surface area contributed by atoms with Crippen molar-refractivity contribution in [2.45, 2.75) is 19.9 Å². The highest BCUT2D eigenvalue weighted by molar-refractivity contribution is 5.96. The van der Waals surface area contributed by atoms with Gasteiger partial charge in [-0.1, -0.05) is 0 Å². The number of hydrogen-bond acceptors (Lipinski definition) is 4. The average molecular weight is 238 g/mol. The van der Waals surface area contributed by atoms with Crippen LogP contribution in [0.3, 0.4) is 0 Å². The molecule has 5 nitrogen and oxygen atoms in total. The van der Waals surface area contributed by atoms with Crippen LogP contribution >= 0.6 is 0 Å². The number of ether oxygens (including phenoxy) is 1. The van der Waals surface area contributed by atoms with Crippen molar-refractivity contribution in [2.75, 3.05) is 20.3 Å². The zero-order valence-electron chi connectivity index (χ0n) is 10.4. The van der Waals surface area contributed by atoms with Gasteiger partial charge in [-0.15, -0.1) is 0 Å². The van der Waals surface area contributed by atoms with Gasteiger partial charge in [0.15, 0.2) is 0 Å². The summed E-state index contributed by atoms with van der Waals surface area (Å²) in [6.45, 7) is 4.81. The van der Waals surface area contributed by atoms with Crippen molar-refractivity contribution in [3.63, 3.8) is 0 Å². The number of aromatic hydroxyl groups is 1. The summed E-state index contributed by atoms with van der Waals surface area (Å²) >= 11 is 0. The summed E-state index contributed by atoms with van der Waals surface area (Å²) in [6.07, 6.45) is 2.75. The van der Waals surface area contributed by atoms with Crippen LogP contribution in [0.4, 0.5) is 0 Å². The number of rotatable bonds is 5. The first kappa shape index (κ1) is 13.4. The maximum atomic E-state index is 12.2. The molecule has 0 saturated heterocycles. The van der Waals surface area contributed by atoms with Crippen LogP contribution in [0.15, 0.2) is 18.5 Å². The third-order valence-corrected chi connectivity index (χ3v) is 2.45. The standard InChI is InChI=1S/C12H18N2O3/c1-9(2)14(6-7-17-3)12(16)10-4-5-13-8-11(10)15/h4-5,8-9,15H,6-7H2,1-3H3. The number of aromatic nitrogens is 1. The number of hydrogen-bond donors (Lipinski definition) is 1.